The predicted octanol–water partition coefficient (Wildman–Crippen LogP) is 4.23. The van der Waals surface area contributed by atoms with Crippen LogP contribution in [0.4, 0.5) is 13.2 Å². The zero-order chi connectivity index (χ0) is 12.3. The molecule has 0 aliphatic carbocycles. The first-order valence-corrected chi connectivity index (χ1v) is 5.33. The van der Waals surface area contributed by atoms with E-state index in [0.717, 1.165) is 6.07 Å². The van der Waals surface area contributed by atoms with Gasteiger partial charge in [-0.1, -0.05) is 26.8 Å². The van der Waals surface area contributed by atoms with Gasteiger partial charge in [-0.05, 0) is 12.1 Å². The van der Waals surface area contributed by atoms with Crippen molar-refractivity contribution in [2.75, 3.05) is 6.61 Å². The number of alkyl halides is 3. The number of hydrogen-bond donors (Lipinski definition) is 0. The summed E-state index contributed by atoms with van der Waals surface area (Å²) in [5.41, 5.74) is -0.278. The van der Waals surface area contributed by atoms with Gasteiger partial charge in [0.15, 0.2) is 0 Å². The van der Waals surface area contributed by atoms with Crippen molar-refractivity contribution in [3.63, 3.8) is 0 Å². The van der Waals surface area contributed by atoms with Crippen LogP contribution < -0.4 is 4.74 Å². The first-order valence-electron chi connectivity index (χ1n) is 5.33. The van der Waals surface area contributed by atoms with Gasteiger partial charge in [-0.3, -0.25) is 0 Å². The van der Waals surface area contributed by atoms with Gasteiger partial charge in [0, 0.05) is 11.5 Å². The van der Waals surface area contributed by atoms with Gasteiger partial charge < -0.3 is 4.74 Å². The van der Waals surface area contributed by atoms with E-state index in [9.17, 15) is 13.2 Å². The standard InChI is InChI=1S/C10H9F3O.C2H6/c1-6-5-14-8-4-2-3-7(9(6)8)10(11,12)13;1-2/h2-4,6H,5H2,1H3;1-2H3. The summed E-state index contributed by atoms with van der Waals surface area (Å²) in [5, 5.41) is 0. The molecule has 2 rings (SSSR count). The van der Waals surface area contributed by atoms with Crippen molar-refractivity contribution in [3.8, 4) is 5.75 Å². The molecule has 4 heteroatoms. The largest absolute Gasteiger partial charge is 0.493 e. The minimum Gasteiger partial charge on any atom is -0.493 e. The molecule has 0 amide bonds. The molecule has 90 valence electrons. The van der Waals surface area contributed by atoms with E-state index in [-0.39, 0.29) is 5.92 Å². The highest BCUT2D eigenvalue weighted by Crippen LogP contribution is 2.42. The zero-order valence-electron chi connectivity index (χ0n) is 9.56. The minimum absolute atomic E-state index is 0.178. The lowest BCUT2D eigenvalue weighted by molar-refractivity contribution is -0.138. The molecule has 0 saturated carbocycles. The van der Waals surface area contributed by atoms with E-state index < -0.39 is 11.7 Å². The number of ether oxygens (including phenoxy) is 1. The van der Waals surface area contributed by atoms with Crippen molar-refractivity contribution in [2.45, 2.75) is 32.9 Å². The van der Waals surface area contributed by atoms with Crippen LogP contribution in [0, 0.1) is 0 Å². The van der Waals surface area contributed by atoms with Gasteiger partial charge in [0.2, 0.25) is 0 Å². The summed E-state index contributed by atoms with van der Waals surface area (Å²) in [5.74, 6) is 0.190. The molecule has 1 unspecified atom stereocenters. The van der Waals surface area contributed by atoms with Crippen LogP contribution in [-0.2, 0) is 6.18 Å². The van der Waals surface area contributed by atoms with E-state index in [1.54, 1.807) is 13.0 Å². The number of hydrogen-bond acceptors (Lipinski definition) is 1. The Balaban J connectivity index is 0.000000606. The Morgan fingerprint density at radius 1 is 1.25 bits per heavy atom. The third kappa shape index (κ3) is 2.31. The molecule has 1 aliphatic heterocycles. The third-order valence-corrected chi connectivity index (χ3v) is 2.35. The SMILES string of the molecule is CC.CC1COc2cccc(C(F)(F)F)c21. The molecule has 0 spiro atoms. The molecule has 1 aromatic carbocycles. The molecule has 0 saturated heterocycles. The van der Waals surface area contributed by atoms with E-state index in [2.05, 4.69) is 0 Å². The highest BCUT2D eigenvalue weighted by atomic mass is 19.4. The summed E-state index contributed by atoms with van der Waals surface area (Å²) >= 11 is 0. The second-order valence-electron chi connectivity index (χ2n) is 3.43. The first-order chi connectivity index (χ1) is 7.50. The van der Waals surface area contributed by atoms with Gasteiger partial charge in [-0.25, -0.2) is 0 Å². The van der Waals surface area contributed by atoms with Gasteiger partial charge in [0.1, 0.15) is 5.75 Å². The molecule has 16 heavy (non-hydrogen) atoms. The second kappa shape index (κ2) is 4.76. The van der Waals surface area contributed by atoms with Gasteiger partial charge in [-0.2, -0.15) is 13.2 Å². The summed E-state index contributed by atoms with van der Waals surface area (Å²) in [6, 6.07) is 4.05. The Morgan fingerprint density at radius 2 is 1.88 bits per heavy atom. The highest BCUT2D eigenvalue weighted by molar-refractivity contribution is 5.46. The molecule has 1 heterocycles. The maximum absolute atomic E-state index is 12.6. The summed E-state index contributed by atoms with van der Waals surface area (Å²) in [7, 11) is 0. The van der Waals surface area contributed by atoms with E-state index in [1.807, 2.05) is 13.8 Å². The first kappa shape index (κ1) is 12.9. The van der Waals surface area contributed by atoms with Crippen LogP contribution in [0.5, 0.6) is 5.75 Å². The quantitative estimate of drug-likeness (QED) is 0.650. The third-order valence-electron chi connectivity index (χ3n) is 2.35. The Hall–Kier alpha value is -1.19. The average molecular weight is 232 g/mol. The Kier molecular flexibility index (Phi) is 3.83. The lowest BCUT2D eigenvalue weighted by atomic mass is 9.97. The van der Waals surface area contributed by atoms with E-state index >= 15 is 0 Å². The number of benzene rings is 1. The van der Waals surface area contributed by atoms with Crippen LogP contribution in [0.15, 0.2) is 18.2 Å². The maximum Gasteiger partial charge on any atom is 0.416 e. The Bertz CT molecular complexity index is 358. The van der Waals surface area contributed by atoms with E-state index in [1.165, 1.54) is 6.07 Å². The van der Waals surface area contributed by atoms with Crippen LogP contribution in [0.2, 0.25) is 0 Å². The second-order valence-corrected chi connectivity index (χ2v) is 3.43. The molecule has 1 nitrogen and oxygen atoms in total. The molecule has 1 atom stereocenters. The van der Waals surface area contributed by atoms with E-state index in [0.29, 0.717) is 17.9 Å². The molecule has 0 aromatic heterocycles. The van der Waals surface area contributed by atoms with Crippen molar-refractivity contribution >= 4 is 0 Å². The molecule has 1 aliphatic rings. The van der Waals surface area contributed by atoms with Gasteiger partial charge >= 0.3 is 6.18 Å². The van der Waals surface area contributed by atoms with E-state index in [4.69, 9.17) is 4.74 Å². The normalized spacial score (nSPS) is 18.2. The Labute approximate surface area is 93.2 Å². The number of fused-ring (bicyclic) bond motifs is 1. The van der Waals surface area contributed by atoms with Crippen LogP contribution in [0.25, 0.3) is 0 Å². The molecule has 0 N–H and O–H groups in total. The monoisotopic (exact) mass is 232 g/mol. The van der Waals surface area contributed by atoms with Gasteiger partial charge in [0.25, 0.3) is 0 Å². The summed E-state index contributed by atoms with van der Waals surface area (Å²) < 4.78 is 42.8. The fourth-order valence-electron chi connectivity index (χ4n) is 1.72. The van der Waals surface area contributed by atoms with Crippen molar-refractivity contribution in [3.05, 3.63) is 29.3 Å². The fourth-order valence-corrected chi connectivity index (χ4v) is 1.72. The maximum atomic E-state index is 12.6. The molecular formula is C12H15F3O. The highest BCUT2D eigenvalue weighted by Gasteiger charge is 2.37. The average Bonchev–Trinajstić information content (AvgIpc) is 2.62. The fraction of sp³-hybridized carbons (Fsp3) is 0.500. The number of halogens is 3. The molecular weight excluding hydrogens is 217 g/mol. The summed E-state index contributed by atoms with van der Waals surface area (Å²) in [4.78, 5) is 0. The predicted molar refractivity (Wildman–Crippen MR) is 56.7 cm³/mol. The van der Waals surface area contributed by atoms with Crippen molar-refractivity contribution in [1.82, 2.24) is 0 Å². The summed E-state index contributed by atoms with van der Waals surface area (Å²) in [6.45, 7) is 6.07. The van der Waals surface area contributed by atoms with Crippen LogP contribution in [0.3, 0.4) is 0 Å². The van der Waals surface area contributed by atoms with Crippen molar-refractivity contribution < 1.29 is 17.9 Å². The van der Waals surface area contributed by atoms with Crippen LogP contribution in [-0.4, -0.2) is 6.61 Å². The molecule has 0 bridgehead atoms. The lowest BCUT2D eigenvalue weighted by Crippen LogP contribution is -2.09. The lowest BCUT2D eigenvalue weighted by Gasteiger charge is -2.12. The smallest absolute Gasteiger partial charge is 0.416 e. The summed E-state index contributed by atoms with van der Waals surface area (Å²) in [6.07, 6.45) is -4.28. The minimum atomic E-state index is -4.28. The van der Waals surface area contributed by atoms with Gasteiger partial charge in [0.05, 0.1) is 12.2 Å². The topological polar surface area (TPSA) is 9.23 Å². The Morgan fingerprint density at radius 3 is 2.44 bits per heavy atom. The van der Waals surface area contributed by atoms with Gasteiger partial charge in [-0.15, -0.1) is 0 Å². The van der Waals surface area contributed by atoms with Crippen molar-refractivity contribution in [2.24, 2.45) is 0 Å². The number of rotatable bonds is 0. The van der Waals surface area contributed by atoms with Crippen LogP contribution >= 0.6 is 0 Å². The molecule has 0 radical (unpaired) electrons. The zero-order valence-corrected chi connectivity index (χ0v) is 9.56. The molecule has 0 fully saturated rings. The van der Waals surface area contributed by atoms with Crippen molar-refractivity contribution in [1.29, 1.82) is 0 Å². The van der Waals surface area contributed by atoms with Crippen LogP contribution in [0.1, 0.15) is 37.8 Å². The molecule has 1 aromatic rings.